The Morgan fingerprint density at radius 3 is 2.56 bits per heavy atom. The van der Waals surface area contributed by atoms with Gasteiger partial charge in [0.15, 0.2) is 0 Å². The second-order valence-corrected chi connectivity index (χ2v) is 3.76. The van der Waals surface area contributed by atoms with Gasteiger partial charge in [-0.2, -0.15) is 0 Å². The Kier molecular flexibility index (Phi) is 4.05. The number of carboxylic acid groups (broad SMARTS) is 1. The van der Waals surface area contributed by atoms with Gasteiger partial charge in [-0.1, -0.05) is 12.1 Å². The van der Waals surface area contributed by atoms with Crippen LogP contribution in [0.15, 0.2) is 18.2 Å². The lowest BCUT2D eigenvalue weighted by molar-refractivity contribution is -0.138. The van der Waals surface area contributed by atoms with Crippen molar-refractivity contribution < 1.29 is 14.7 Å². The normalized spacial score (nSPS) is 9.88. The van der Waals surface area contributed by atoms with Crippen LogP contribution in [0.1, 0.15) is 24.0 Å². The second-order valence-electron chi connectivity index (χ2n) is 3.76. The number of amides is 1. The van der Waals surface area contributed by atoms with Gasteiger partial charge in [0.25, 0.3) is 0 Å². The number of carboxylic acids is 1. The first-order chi connectivity index (χ1) is 7.49. The molecule has 0 aliphatic heterocycles. The Balaban J connectivity index is 2.62. The summed E-state index contributed by atoms with van der Waals surface area (Å²) in [5.74, 6) is -1.23. The molecule has 86 valence electrons. The maximum absolute atomic E-state index is 11.4. The summed E-state index contributed by atoms with van der Waals surface area (Å²) in [7, 11) is 0. The summed E-state index contributed by atoms with van der Waals surface area (Å²) in [5.41, 5.74) is 2.77. The SMILES string of the molecule is Cc1ccc(C)c(NC(=O)CCC(=O)O)c1. The van der Waals surface area contributed by atoms with E-state index in [2.05, 4.69) is 5.32 Å². The number of rotatable bonds is 4. The van der Waals surface area contributed by atoms with Crippen LogP contribution in [0.4, 0.5) is 5.69 Å². The van der Waals surface area contributed by atoms with Gasteiger partial charge in [0.2, 0.25) is 5.91 Å². The van der Waals surface area contributed by atoms with Crippen molar-refractivity contribution in [2.45, 2.75) is 26.7 Å². The molecule has 0 fully saturated rings. The maximum atomic E-state index is 11.4. The summed E-state index contributed by atoms with van der Waals surface area (Å²) < 4.78 is 0. The summed E-state index contributed by atoms with van der Waals surface area (Å²) in [6.07, 6.45) is -0.139. The van der Waals surface area contributed by atoms with Crippen LogP contribution in [0, 0.1) is 13.8 Å². The molecule has 1 aromatic carbocycles. The highest BCUT2D eigenvalue weighted by atomic mass is 16.4. The number of carbonyl (C=O) groups excluding carboxylic acids is 1. The molecule has 0 unspecified atom stereocenters. The van der Waals surface area contributed by atoms with Gasteiger partial charge in [-0.3, -0.25) is 9.59 Å². The van der Waals surface area contributed by atoms with E-state index in [0.29, 0.717) is 0 Å². The number of aliphatic carboxylic acids is 1. The number of hydrogen-bond donors (Lipinski definition) is 2. The first-order valence-electron chi connectivity index (χ1n) is 5.08. The van der Waals surface area contributed by atoms with E-state index >= 15 is 0 Å². The third-order valence-electron chi connectivity index (χ3n) is 2.23. The summed E-state index contributed by atoms with van der Waals surface area (Å²) >= 11 is 0. The molecular formula is C12H15NO3. The van der Waals surface area contributed by atoms with Gasteiger partial charge < -0.3 is 10.4 Å². The average Bonchev–Trinajstić information content (AvgIpc) is 2.20. The summed E-state index contributed by atoms with van der Waals surface area (Å²) in [6, 6.07) is 5.75. The predicted octanol–water partition coefficient (Wildman–Crippen LogP) is 2.11. The van der Waals surface area contributed by atoms with E-state index in [1.165, 1.54) is 0 Å². The highest BCUT2D eigenvalue weighted by molar-refractivity contribution is 5.93. The minimum atomic E-state index is -0.962. The van der Waals surface area contributed by atoms with Crippen molar-refractivity contribution in [3.8, 4) is 0 Å². The Labute approximate surface area is 94.3 Å². The van der Waals surface area contributed by atoms with E-state index in [0.717, 1.165) is 16.8 Å². The molecular weight excluding hydrogens is 206 g/mol. The van der Waals surface area contributed by atoms with E-state index in [4.69, 9.17) is 5.11 Å². The first-order valence-corrected chi connectivity index (χ1v) is 5.08. The van der Waals surface area contributed by atoms with E-state index in [9.17, 15) is 9.59 Å². The lowest BCUT2D eigenvalue weighted by atomic mass is 10.1. The molecule has 0 bridgehead atoms. The molecule has 0 atom stereocenters. The minimum absolute atomic E-state index is 0.00269. The molecule has 0 heterocycles. The summed E-state index contributed by atoms with van der Waals surface area (Å²) in [6.45, 7) is 3.83. The minimum Gasteiger partial charge on any atom is -0.481 e. The molecule has 0 aliphatic rings. The van der Waals surface area contributed by atoms with Crippen LogP contribution in [0.3, 0.4) is 0 Å². The summed E-state index contributed by atoms with van der Waals surface area (Å²) in [5, 5.41) is 11.2. The standard InChI is InChI=1S/C12H15NO3/c1-8-3-4-9(2)10(7-8)13-11(14)5-6-12(15)16/h3-4,7H,5-6H2,1-2H3,(H,13,14)(H,15,16). The molecule has 0 spiro atoms. The molecule has 1 aromatic rings. The largest absolute Gasteiger partial charge is 0.481 e. The number of nitrogens with one attached hydrogen (secondary N) is 1. The molecule has 0 aliphatic carbocycles. The third kappa shape index (κ3) is 3.73. The molecule has 0 saturated heterocycles. The zero-order chi connectivity index (χ0) is 12.1. The average molecular weight is 221 g/mol. The van der Waals surface area contributed by atoms with Crippen molar-refractivity contribution in [1.29, 1.82) is 0 Å². The quantitative estimate of drug-likeness (QED) is 0.818. The fourth-order valence-electron chi connectivity index (χ4n) is 1.30. The number of benzene rings is 1. The van der Waals surface area contributed by atoms with E-state index < -0.39 is 5.97 Å². The van der Waals surface area contributed by atoms with Crippen LogP contribution >= 0.6 is 0 Å². The lowest BCUT2D eigenvalue weighted by Gasteiger charge is -2.08. The third-order valence-corrected chi connectivity index (χ3v) is 2.23. The summed E-state index contributed by atoms with van der Waals surface area (Å²) in [4.78, 5) is 21.7. The van der Waals surface area contributed by atoms with E-state index in [1.54, 1.807) is 0 Å². The van der Waals surface area contributed by atoms with Crippen LogP contribution in [-0.4, -0.2) is 17.0 Å². The van der Waals surface area contributed by atoms with Crippen molar-refractivity contribution in [3.05, 3.63) is 29.3 Å². The van der Waals surface area contributed by atoms with Gasteiger partial charge in [0, 0.05) is 12.1 Å². The van der Waals surface area contributed by atoms with Crippen LogP contribution in [0.2, 0.25) is 0 Å². The molecule has 16 heavy (non-hydrogen) atoms. The van der Waals surface area contributed by atoms with Crippen molar-refractivity contribution >= 4 is 17.6 Å². The van der Waals surface area contributed by atoms with Crippen molar-refractivity contribution in [1.82, 2.24) is 0 Å². The molecule has 0 saturated carbocycles. The monoisotopic (exact) mass is 221 g/mol. The number of hydrogen-bond acceptors (Lipinski definition) is 2. The van der Waals surface area contributed by atoms with Gasteiger partial charge >= 0.3 is 5.97 Å². The topological polar surface area (TPSA) is 66.4 Å². The smallest absolute Gasteiger partial charge is 0.303 e. The van der Waals surface area contributed by atoms with Gasteiger partial charge in [0.1, 0.15) is 0 Å². The van der Waals surface area contributed by atoms with Crippen LogP contribution < -0.4 is 5.32 Å². The van der Waals surface area contributed by atoms with E-state index in [-0.39, 0.29) is 18.7 Å². The van der Waals surface area contributed by atoms with Gasteiger partial charge in [0.05, 0.1) is 6.42 Å². The van der Waals surface area contributed by atoms with Crippen LogP contribution in [0.25, 0.3) is 0 Å². The molecule has 2 N–H and O–H groups in total. The van der Waals surface area contributed by atoms with Crippen LogP contribution in [-0.2, 0) is 9.59 Å². The number of carbonyl (C=O) groups is 2. The van der Waals surface area contributed by atoms with Crippen molar-refractivity contribution in [3.63, 3.8) is 0 Å². The Hall–Kier alpha value is -1.84. The molecule has 4 heteroatoms. The highest BCUT2D eigenvalue weighted by Gasteiger charge is 2.07. The molecule has 0 aromatic heterocycles. The molecule has 1 amide bonds. The Morgan fingerprint density at radius 2 is 1.94 bits per heavy atom. The first kappa shape index (κ1) is 12.2. The Bertz CT molecular complexity index is 413. The van der Waals surface area contributed by atoms with Crippen molar-refractivity contribution in [2.24, 2.45) is 0 Å². The zero-order valence-corrected chi connectivity index (χ0v) is 9.41. The number of aryl methyl sites for hydroxylation is 2. The predicted molar refractivity (Wildman–Crippen MR) is 61.4 cm³/mol. The fourth-order valence-corrected chi connectivity index (χ4v) is 1.30. The number of anilines is 1. The lowest BCUT2D eigenvalue weighted by Crippen LogP contribution is -2.14. The van der Waals surface area contributed by atoms with E-state index in [1.807, 2.05) is 32.0 Å². The Morgan fingerprint density at radius 1 is 1.25 bits per heavy atom. The van der Waals surface area contributed by atoms with Gasteiger partial charge in [-0.15, -0.1) is 0 Å². The molecule has 0 radical (unpaired) electrons. The zero-order valence-electron chi connectivity index (χ0n) is 9.41. The second kappa shape index (κ2) is 5.30. The van der Waals surface area contributed by atoms with Gasteiger partial charge in [-0.05, 0) is 31.0 Å². The van der Waals surface area contributed by atoms with Crippen LogP contribution in [0.5, 0.6) is 0 Å². The van der Waals surface area contributed by atoms with Crippen molar-refractivity contribution in [2.75, 3.05) is 5.32 Å². The van der Waals surface area contributed by atoms with Gasteiger partial charge in [-0.25, -0.2) is 0 Å². The molecule has 1 rings (SSSR count). The fraction of sp³-hybridized carbons (Fsp3) is 0.333. The molecule has 4 nitrogen and oxygen atoms in total. The highest BCUT2D eigenvalue weighted by Crippen LogP contribution is 2.16. The maximum Gasteiger partial charge on any atom is 0.303 e.